The summed E-state index contributed by atoms with van der Waals surface area (Å²) in [6, 6.07) is 21.9. The number of ether oxygens (including phenoxy) is 1. The van der Waals surface area contributed by atoms with Crippen LogP contribution in [0.15, 0.2) is 72.8 Å². The molecular formula is C39H51ClO2. The van der Waals surface area contributed by atoms with Crippen LogP contribution in [0.5, 0.6) is 0 Å². The molecule has 0 bridgehead atoms. The molecule has 4 aliphatic carbocycles. The first kappa shape index (κ1) is 30.0. The van der Waals surface area contributed by atoms with Crippen LogP contribution in [0.4, 0.5) is 0 Å². The van der Waals surface area contributed by atoms with Crippen LogP contribution >= 0.6 is 11.6 Å². The first-order chi connectivity index (χ1) is 20.1. The number of carbonyl (C=O) groups is 1. The van der Waals surface area contributed by atoms with Gasteiger partial charge in [-0.25, -0.2) is 0 Å². The Kier molecular flexibility index (Phi) is 8.42. The molecule has 2 nitrogen and oxygen atoms in total. The van der Waals surface area contributed by atoms with Crippen LogP contribution < -0.4 is 0 Å². The minimum Gasteiger partial charge on any atom is -0.462 e. The van der Waals surface area contributed by atoms with Gasteiger partial charge in [0.15, 0.2) is 0 Å². The average Bonchev–Trinajstić information content (AvgIpc) is 3.34. The van der Waals surface area contributed by atoms with Gasteiger partial charge in [-0.2, -0.15) is 0 Å². The third-order valence-corrected chi connectivity index (χ3v) is 13.7. The van der Waals surface area contributed by atoms with Crippen LogP contribution in [0.3, 0.4) is 0 Å². The molecule has 0 N–H and O–H groups in total. The molecule has 0 aromatic heterocycles. The zero-order valence-corrected chi connectivity index (χ0v) is 27.0. The number of allylic oxidation sites excluding steroid dienone is 2. The summed E-state index contributed by atoms with van der Waals surface area (Å²) in [5.41, 5.74) is 3.31. The maximum absolute atomic E-state index is 11.7. The second-order valence-electron chi connectivity index (χ2n) is 14.9. The summed E-state index contributed by atoms with van der Waals surface area (Å²) in [4.78, 5) is 11.5. The Hall–Kier alpha value is -2.06. The van der Waals surface area contributed by atoms with Gasteiger partial charge in [-0.15, -0.1) is 11.6 Å². The van der Waals surface area contributed by atoms with Crippen molar-refractivity contribution in [3.8, 4) is 0 Å². The molecule has 6 rings (SSSR count). The third kappa shape index (κ3) is 5.29. The fraction of sp³-hybridized carbons (Fsp3) is 0.615. The van der Waals surface area contributed by atoms with Crippen molar-refractivity contribution >= 4 is 17.6 Å². The first-order valence-electron chi connectivity index (χ1n) is 16.8. The van der Waals surface area contributed by atoms with E-state index in [1.54, 1.807) is 0 Å². The lowest BCUT2D eigenvalue weighted by Crippen LogP contribution is -2.60. The van der Waals surface area contributed by atoms with Crippen LogP contribution in [-0.4, -0.2) is 16.9 Å². The van der Waals surface area contributed by atoms with Crippen molar-refractivity contribution in [1.82, 2.24) is 0 Å². The number of alkyl halides is 1. The number of carbonyl (C=O) groups excluding carboxylic acids is 1. The summed E-state index contributed by atoms with van der Waals surface area (Å²) >= 11 is 7.55. The van der Waals surface area contributed by atoms with E-state index in [2.05, 4.69) is 93.6 Å². The summed E-state index contributed by atoms with van der Waals surface area (Å²) in [5.74, 6) is 3.92. The molecule has 0 unspecified atom stereocenters. The summed E-state index contributed by atoms with van der Waals surface area (Å²) in [6.07, 6.45) is 16.7. The summed E-state index contributed by atoms with van der Waals surface area (Å²) in [6.45, 7) is 9.22. The second kappa shape index (κ2) is 11.8. The van der Waals surface area contributed by atoms with Gasteiger partial charge in [-0.05, 0) is 109 Å². The molecule has 0 radical (unpaired) electrons. The van der Waals surface area contributed by atoms with Crippen molar-refractivity contribution in [2.75, 3.05) is 0 Å². The molecule has 4 aliphatic rings. The molecule has 0 saturated heterocycles. The van der Waals surface area contributed by atoms with Gasteiger partial charge in [-0.1, -0.05) is 93.6 Å². The molecule has 2 aromatic rings. The minimum absolute atomic E-state index is 0.00775. The lowest BCUT2D eigenvalue weighted by molar-refractivity contribution is -0.157. The number of hydrogen-bond donors (Lipinski definition) is 0. The molecule has 9 atom stereocenters. The van der Waals surface area contributed by atoms with E-state index in [9.17, 15) is 4.79 Å². The largest absolute Gasteiger partial charge is 0.462 e. The van der Waals surface area contributed by atoms with Crippen molar-refractivity contribution in [1.29, 1.82) is 0 Å². The molecule has 0 aliphatic heterocycles. The maximum Gasteiger partial charge on any atom is 0.302 e. The van der Waals surface area contributed by atoms with E-state index in [4.69, 9.17) is 16.3 Å². The zero-order valence-electron chi connectivity index (χ0n) is 26.2. The van der Waals surface area contributed by atoms with Gasteiger partial charge in [0.05, 0.1) is 4.87 Å². The molecule has 3 heteroatoms. The SMILES string of the molecule is CC(=O)O[C@@H]1CC[C@]2(C)[C@@H]3CC[C@@]4(C)[C@@H](CC[C@H]4[C@H](C)C/C=C/C(c4ccccc4)c4ccccc4)[C@@H]3CC[C@@]2(Cl)C1. The number of esters is 1. The maximum atomic E-state index is 11.7. The van der Waals surface area contributed by atoms with E-state index in [1.807, 2.05) is 0 Å². The molecule has 4 fully saturated rings. The van der Waals surface area contributed by atoms with Crippen molar-refractivity contribution in [2.45, 2.75) is 109 Å². The Morgan fingerprint density at radius 1 is 0.905 bits per heavy atom. The van der Waals surface area contributed by atoms with Gasteiger partial charge in [0.25, 0.3) is 0 Å². The summed E-state index contributed by atoms with van der Waals surface area (Å²) < 4.78 is 5.68. The fourth-order valence-electron chi connectivity index (χ4n) is 10.8. The van der Waals surface area contributed by atoms with E-state index >= 15 is 0 Å². The van der Waals surface area contributed by atoms with Gasteiger partial charge >= 0.3 is 5.97 Å². The number of halogens is 1. The predicted molar refractivity (Wildman–Crippen MR) is 174 cm³/mol. The lowest BCUT2D eigenvalue weighted by atomic mass is 9.44. The molecular weight excluding hydrogens is 536 g/mol. The van der Waals surface area contributed by atoms with Gasteiger partial charge in [0, 0.05) is 19.3 Å². The molecule has 2 aromatic carbocycles. The number of fused-ring (bicyclic) bond motifs is 5. The quantitative estimate of drug-likeness (QED) is 0.183. The Morgan fingerprint density at radius 2 is 1.57 bits per heavy atom. The van der Waals surface area contributed by atoms with Crippen LogP contribution in [0, 0.1) is 40.4 Å². The highest BCUT2D eigenvalue weighted by molar-refractivity contribution is 6.24. The number of hydrogen-bond acceptors (Lipinski definition) is 2. The Bertz CT molecular complexity index is 1220. The standard InChI is InChI=1S/C39H51ClO2/c1-27(12-11-17-32(29-13-7-5-8-14-29)30-15-9-6-10-16-30)34-18-19-35-33-21-25-39(40)26-31(42-28(2)41)20-24-38(39,4)36(33)22-23-37(34,35)3/h5-11,13-17,27,31-36H,12,18-26H2,1-4H3/b17-11+/t27-,31-,33+,34+,35+,36-,37-,38-,39-/m1/s1. The average molecular weight is 587 g/mol. The monoisotopic (exact) mass is 586 g/mol. The van der Waals surface area contributed by atoms with E-state index in [-0.39, 0.29) is 22.4 Å². The van der Waals surface area contributed by atoms with E-state index in [0.29, 0.717) is 23.2 Å². The van der Waals surface area contributed by atoms with Gasteiger partial charge in [-0.3, -0.25) is 4.79 Å². The third-order valence-electron chi connectivity index (χ3n) is 12.9. The predicted octanol–water partition coefficient (Wildman–Crippen LogP) is 10.4. The Labute approximate surface area is 259 Å². The molecule has 42 heavy (non-hydrogen) atoms. The van der Waals surface area contributed by atoms with Crippen molar-refractivity contribution in [3.05, 3.63) is 83.9 Å². The Balaban J connectivity index is 1.15. The number of benzene rings is 2. The highest BCUT2D eigenvalue weighted by Crippen LogP contribution is 2.70. The highest BCUT2D eigenvalue weighted by Gasteiger charge is 2.64. The zero-order chi connectivity index (χ0) is 29.5. The van der Waals surface area contributed by atoms with E-state index in [1.165, 1.54) is 50.2 Å². The van der Waals surface area contributed by atoms with E-state index < -0.39 is 0 Å². The number of rotatable bonds is 7. The van der Waals surface area contributed by atoms with Gasteiger partial charge < -0.3 is 4.74 Å². The molecule has 0 heterocycles. The molecule has 4 saturated carbocycles. The van der Waals surface area contributed by atoms with Crippen LogP contribution in [-0.2, 0) is 9.53 Å². The Morgan fingerprint density at radius 3 is 2.21 bits per heavy atom. The minimum atomic E-state index is -0.232. The van der Waals surface area contributed by atoms with Crippen LogP contribution in [0.25, 0.3) is 0 Å². The van der Waals surface area contributed by atoms with E-state index in [0.717, 1.165) is 49.9 Å². The first-order valence-corrected chi connectivity index (χ1v) is 17.1. The second-order valence-corrected chi connectivity index (χ2v) is 15.7. The lowest BCUT2D eigenvalue weighted by Gasteiger charge is -2.64. The van der Waals surface area contributed by atoms with Gasteiger partial charge in [0.1, 0.15) is 6.10 Å². The summed E-state index contributed by atoms with van der Waals surface area (Å²) in [5, 5.41) is 0. The van der Waals surface area contributed by atoms with Crippen molar-refractivity contribution < 1.29 is 9.53 Å². The normalized spacial score (nSPS) is 38.5. The van der Waals surface area contributed by atoms with Crippen LogP contribution in [0.1, 0.15) is 109 Å². The fourth-order valence-corrected chi connectivity index (χ4v) is 11.3. The van der Waals surface area contributed by atoms with Crippen molar-refractivity contribution in [3.63, 3.8) is 0 Å². The molecule has 0 spiro atoms. The highest BCUT2D eigenvalue weighted by atomic mass is 35.5. The van der Waals surface area contributed by atoms with Gasteiger partial charge in [0.2, 0.25) is 0 Å². The molecule has 0 amide bonds. The van der Waals surface area contributed by atoms with Crippen molar-refractivity contribution in [2.24, 2.45) is 40.4 Å². The topological polar surface area (TPSA) is 26.3 Å². The smallest absolute Gasteiger partial charge is 0.302 e. The summed E-state index contributed by atoms with van der Waals surface area (Å²) in [7, 11) is 0. The van der Waals surface area contributed by atoms with Crippen LogP contribution in [0.2, 0.25) is 0 Å². The molecule has 226 valence electrons.